The standard InChI is InChI=1S/C19H18N2O3S2/c1-13-8-9-16(14(2)10-13)17-11-25-19(20-17)21-18(22)12-26(23,24)15-6-4-3-5-7-15/h3-11H,12H2,1-2H3,(H,20,21,22). The van der Waals surface area contributed by atoms with Gasteiger partial charge in [-0.2, -0.15) is 0 Å². The molecule has 0 saturated heterocycles. The van der Waals surface area contributed by atoms with Gasteiger partial charge in [0.15, 0.2) is 15.0 Å². The number of aromatic nitrogens is 1. The van der Waals surface area contributed by atoms with Gasteiger partial charge in [0.25, 0.3) is 0 Å². The third-order valence-corrected chi connectivity index (χ3v) is 6.22. The molecular formula is C19H18N2O3S2. The first kappa shape index (κ1) is 18.3. The Kier molecular flexibility index (Phi) is 5.20. The maximum Gasteiger partial charge on any atom is 0.241 e. The van der Waals surface area contributed by atoms with E-state index >= 15 is 0 Å². The highest BCUT2D eigenvalue weighted by Gasteiger charge is 2.20. The van der Waals surface area contributed by atoms with Crippen molar-refractivity contribution in [2.24, 2.45) is 0 Å². The van der Waals surface area contributed by atoms with Crippen LogP contribution < -0.4 is 5.32 Å². The molecular weight excluding hydrogens is 368 g/mol. The Morgan fingerprint density at radius 1 is 1.12 bits per heavy atom. The molecule has 0 aliphatic rings. The van der Waals surface area contributed by atoms with E-state index < -0.39 is 21.5 Å². The second-order valence-corrected chi connectivity index (χ2v) is 8.82. The molecule has 0 bridgehead atoms. The zero-order valence-corrected chi connectivity index (χ0v) is 16.0. The van der Waals surface area contributed by atoms with Gasteiger partial charge in [0.2, 0.25) is 5.91 Å². The Hall–Kier alpha value is -2.51. The van der Waals surface area contributed by atoms with Crippen molar-refractivity contribution in [1.29, 1.82) is 0 Å². The van der Waals surface area contributed by atoms with Gasteiger partial charge in [-0.15, -0.1) is 11.3 Å². The fourth-order valence-electron chi connectivity index (χ4n) is 2.59. The zero-order valence-electron chi connectivity index (χ0n) is 14.4. The third kappa shape index (κ3) is 4.17. The average Bonchev–Trinajstić information content (AvgIpc) is 3.03. The molecule has 1 N–H and O–H groups in total. The van der Waals surface area contributed by atoms with E-state index in [1.165, 1.54) is 29.0 Å². The van der Waals surface area contributed by atoms with E-state index in [0.29, 0.717) is 5.13 Å². The van der Waals surface area contributed by atoms with Crippen molar-refractivity contribution >= 4 is 32.2 Å². The maximum absolute atomic E-state index is 12.3. The van der Waals surface area contributed by atoms with Crippen LogP contribution in [0.15, 0.2) is 58.8 Å². The molecule has 134 valence electrons. The number of hydrogen-bond acceptors (Lipinski definition) is 5. The quantitative estimate of drug-likeness (QED) is 0.723. The van der Waals surface area contributed by atoms with Gasteiger partial charge >= 0.3 is 0 Å². The highest BCUT2D eigenvalue weighted by atomic mass is 32.2. The Morgan fingerprint density at radius 2 is 1.85 bits per heavy atom. The molecule has 0 fully saturated rings. The Balaban J connectivity index is 1.72. The van der Waals surface area contributed by atoms with E-state index in [9.17, 15) is 13.2 Å². The van der Waals surface area contributed by atoms with Gasteiger partial charge in [-0.25, -0.2) is 13.4 Å². The fourth-order valence-corrected chi connectivity index (χ4v) is 4.48. The lowest BCUT2D eigenvalue weighted by molar-refractivity contribution is -0.113. The molecule has 0 spiro atoms. The number of aryl methyl sites for hydroxylation is 2. The largest absolute Gasteiger partial charge is 0.301 e. The number of anilines is 1. The lowest BCUT2D eigenvalue weighted by atomic mass is 10.0. The number of hydrogen-bond donors (Lipinski definition) is 1. The van der Waals surface area contributed by atoms with Gasteiger partial charge in [-0.3, -0.25) is 4.79 Å². The number of nitrogens with one attached hydrogen (secondary N) is 1. The Labute approximate surface area is 156 Å². The van der Waals surface area contributed by atoms with Crippen molar-refractivity contribution in [1.82, 2.24) is 4.98 Å². The molecule has 2 aromatic carbocycles. The predicted octanol–water partition coefficient (Wildman–Crippen LogP) is 3.84. The molecule has 7 heteroatoms. The minimum absolute atomic E-state index is 0.130. The van der Waals surface area contributed by atoms with Crippen LogP contribution in [0, 0.1) is 13.8 Å². The van der Waals surface area contributed by atoms with Crippen LogP contribution in [-0.4, -0.2) is 25.1 Å². The summed E-state index contributed by atoms with van der Waals surface area (Å²) in [5.74, 6) is -1.22. The van der Waals surface area contributed by atoms with E-state index in [1.54, 1.807) is 18.2 Å². The van der Waals surface area contributed by atoms with Gasteiger partial charge < -0.3 is 5.32 Å². The molecule has 1 aromatic heterocycles. The zero-order chi connectivity index (χ0) is 18.7. The van der Waals surface area contributed by atoms with Gasteiger partial charge in [0.05, 0.1) is 10.6 Å². The summed E-state index contributed by atoms with van der Waals surface area (Å²) in [7, 11) is -3.67. The van der Waals surface area contributed by atoms with Crippen LogP contribution in [0.2, 0.25) is 0 Å². The van der Waals surface area contributed by atoms with Gasteiger partial charge in [-0.1, -0.05) is 42.0 Å². The number of benzene rings is 2. The molecule has 0 aliphatic carbocycles. The molecule has 26 heavy (non-hydrogen) atoms. The number of thiazole rings is 1. The summed E-state index contributed by atoms with van der Waals surface area (Å²) in [6.45, 7) is 4.03. The number of nitrogens with zero attached hydrogens (tertiary/aromatic N) is 1. The fraction of sp³-hybridized carbons (Fsp3) is 0.158. The van der Waals surface area contributed by atoms with Crippen LogP contribution in [0.5, 0.6) is 0 Å². The van der Waals surface area contributed by atoms with Gasteiger partial charge in [0.1, 0.15) is 5.75 Å². The summed E-state index contributed by atoms with van der Waals surface area (Å²) >= 11 is 1.27. The molecule has 5 nitrogen and oxygen atoms in total. The number of carbonyl (C=O) groups is 1. The second-order valence-electron chi connectivity index (χ2n) is 5.98. The first-order chi connectivity index (χ1) is 12.3. The van der Waals surface area contributed by atoms with Crippen molar-refractivity contribution in [3.05, 3.63) is 65.0 Å². The van der Waals surface area contributed by atoms with E-state index in [-0.39, 0.29) is 4.90 Å². The van der Waals surface area contributed by atoms with Crippen molar-refractivity contribution < 1.29 is 13.2 Å². The molecule has 3 rings (SSSR count). The summed E-state index contributed by atoms with van der Waals surface area (Å²) in [6, 6.07) is 14.0. The lowest BCUT2D eigenvalue weighted by Crippen LogP contribution is -2.22. The second kappa shape index (κ2) is 7.39. The SMILES string of the molecule is Cc1ccc(-c2csc(NC(=O)CS(=O)(=O)c3ccccc3)n2)c(C)c1. The van der Waals surface area contributed by atoms with Crippen molar-refractivity contribution in [2.45, 2.75) is 18.7 Å². The molecule has 1 amide bonds. The van der Waals surface area contributed by atoms with E-state index in [1.807, 2.05) is 31.4 Å². The van der Waals surface area contributed by atoms with Crippen LogP contribution in [0.25, 0.3) is 11.3 Å². The van der Waals surface area contributed by atoms with Crippen LogP contribution in [0.3, 0.4) is 0 Å². The number of sulfone groups is 1. The van der Waals surface area contributed by atoms with Gasteiger partial charge in [0, 0.05) is 10.9 Å². The molecule has 0 unspecified atom stereocenters. The normalized spacial score (nSPS) is 11.3. The summed E-state index contributed by atoms with van der Waals surface area (Å²) < 4.78 is 24.5. The van der Waals surface area contributed by atoms with Crippen LogP contribution in [-0.2, 0) is 14.6 Å². The smallest absolute Gasteiger partial charge is 0.241 e. The molecule has 1 heterocycles. The topological polar surface area (TPSA) is 76.1 Å². The monoisotopic (exact) mass is 386 g/mol. The van der Waals surface area contributed by atoms with E-state index in [2.05, 4.69) is 16.4 Å². The van der Waals surface area contributed by atoms with E-state index in [0.717, 1.165) is 16.8 Å². The van der Waals surface area contributed by atoms with E-state index in [4.69, 9.17) is 0 Å². The van der Waals surface area contributed by atoms with Crippen LogP contribution in [0.4, 0.5) is 5.13 Å². The number of carbonyl (C=O) groups excluding carboxylic acids is 1. The minimum atomic E-state index is -3.67. The van der Waals surface area contributed by atoms with Crippen molar-refractivity contribution in [3.8, 4) is 11.3 Å². The number of amides is 1. The van der Waals surface area contributed by atoms with Gasteiger partial charge in [-0.05, 0) is 31.5 Å². The summed E-state index contributed by atoms with van der Waals surface area (Å²) in [4.78, 5) is 16.7. The molecule has 0 radical (unpaired) electrons. The van der Waals surface area contributed by atoms with Crippen LogP contribution in [0.1, 0.15) is 11.1 Å². The summed E-state index contributed by atoms with van der Waals surface area (Å²) in [5.41, 5.74) is 4.01. The third-order valence-electron chi connectivity index (χ3n) is 3.83. The molecule has 0 saturated carbocycles. The minimum Gasteiger partial charge on any atom is -0.301 e. The molecule has 3 aromatic rings. The maximum atomic E-state index is 12.3. The summed E-state index contributed by atoms with van der Waals surface area (Å²) in [6.07, 6.45) is 0. The van der Waals surface area contributed by atoms with Crippen LogP contribution >= 0.6 is 11.3 Å². The van der Waals surface area contributed by atoms with Crippen molar-refractivity contribution in [2.75, 3.05) is 11.1 Å². The highest BCUT2D eigenvalue weighted by molar-refractivity contribution is 7.92. The average molecular weight is 386 g/mol. The number of rotatable bonds is 5. The predicted molar refractivity (Wildman–Crippen MR) is 104 cm³/mol. The first-order valence-electron chi connectivity index (χ1n) is 7.96. The molecule has 0 atom stereocenters. The lowest BCUT2D eigenvalue weighted by Gasteiger charge is -2.05. The van der Waals surface area contributed by atoms with Crippen molar-refractivity contribution in [3.63, 3.8) is 0 Å². The molecule has 0 aliphatic heterocycles. The summed E-state index contributed by atoms with van der Waals surface area (Å²) in [5, 5.41) is 4.81. The Bertz CT molecular complexity index is 1040. The Morgan fingerprint density at radius 3 is 2.54 bits per heavy atom. The first-order valence-corrected chi connectivity index (χ1v) is 10.5. The highest BCUT2D eigenvalue weighted by Crippen LogP contribution is 2.28.